The van der Waals surface area contributed by atoms with Gasteiger partial charge in [-0.2, -0.15) is 0 Å². The van der Waals surface area contributed by atoms with Crippen molar-refractivity contribution in [3.8, 4) is 23.0 Å². The number of anilines is 1. The van der Waals surface area contributed by atoms with Crippen LogP contribution in [0.2, 0.25) is 0 Å². The van der Waals surface area contributed by atoms with Gasteiger partial charge in [0.2, 0.25) is 0 Å². The number of carbonyl (C=O) groups is 1. The van der Waals surface area contributed by atoms with Gasteiger partial charge in [0.1, 0.15) is 23.0 Å². The highest BCUT2D eigenvalue weighted by Crippen LogP contribution is 2.66. The van der Waals surface area contributed by atoms with E-state index in [9.17, 15) is 9.90 Å². The molecule has 0 spiro atoms. The molecule has 1 saturated carbocycles. The van der Waals surface area contributed by atoms with Gasteiger partial charge in [0.25, 0.3) is 0 Å². The van der Waals surface area contributed by atoms with E-state index in [1.165, 1.54) is 7.11 Å². The second-order valence-electron chi connectivity index (χ2n) is 8.40. The minimum atomic E-state index is -1.96. The fraction of sp³-hybridized carbons (Fsp3) is 0.346. The highest BCUT2D eigenvalue weighted by atomic mass is 16.5. The Morgan fingerprint density at radius 2 is 2.00 bits per heavy atom. The van der Waals surface area contributed by atoms with Crippen molar-refractivity contribution < 1.29 is 28.8 Å². The van der Waals surface area contributed by atoms with Crippen molar-refractivity contribution >= 4 is 11.5 Å². The van der Waals surface area contributed by atoms with Crippen molar-refractivity contribution in [2.45, 2.75) is 31.5 Å². The zero-order chi connectivity index (χ0) is 23.4. The first kappa shape index (κ1) is 21.4. The molecule has 3 aliphatic rings. The second-order valence-corrected chi connectivity index (χ2v) is 8.40. The second kappa shape index (κ2) is 7.56. The van der Waals surface area contributed by atoms with Crippen LogP contribution in [0, 0.1) is 5.92 Å². The summed E-state index contributed by atoms with van der Waals surface area (Å²) in [7, 11) is 3.05. The maximum Gasteiger partial charge on any atom is 0.200 e. The molecule has 1 fully saturated rings. The van der Waals surface area contributed by atoms with Gasteiger partial charge < -0.3 is 29.4 Å². The van der Waals surface area contributed by atoms with Crippen molar-refractivity contribution in [3.05, 3.63) is 65.3 Å². The minimum Gasteiger partial charge on any atom is -0.496 e. The fourth-order valence-electron chi connectivity index (χ4n) is 5.50. The van der Waals surface area contributed by atoms with Crippen molar-refractivity contribution in [2.75, 3.05) is 26.3 Å². The van der Waals surface area contributed by atoms with Gasteiger partial charge in [-0.05, 0) is 31.6 Å². The number of ketones is 1. The van der Waals surface area contributed by atoms with Crippen molar-refractivity contribution in [2.24, 2.45) is 5.92 Å². The van der Waals surface area contributed by atoms with Crippen LogP contribution in [0.4, 0.5) is 5.69 Å². The molecule has 3 unspecified atom stereocenters. The van der Waals surface area contributed by atoms with Crippen LogP contribution in [0.5, 0.6) is 23.0 Å². The Morgan fingerprint density at radius 3 is 2.70 bits per heavy atom. The minimum absolute atomic E-state index is 0.116. The molecule has 5 rings (SSSR count). The molecule has 1 aliphatic carbocycles. The van der Waals surface area contributed by atoms with Gasteiger partial charge in [-0.3, -0.25) is 4.79 Å². The van der Waals surface area contributed by atoms with Gasteiger partial charge in [0.15, 0.2) is 23.7 Å². The summed E-state index contributed by atoms with van der Waals surface area (Å²) in [4.78, 5) is 13.7. The molecule has 0 saturated heterocycles. The molecule has 2 N–H and O–H groups in total. The van der Waals surface area contributed by atoms with Crippen LogP contribution in [-0.2, 0) is 16.0 Å². The summed E-state index contributed by atoms with van der Waals surface area (Å²) >= 11 is 0. The molecule has 33 heavy (non-hydrogen) atoms. The average Bonchev–Trinajstić information content (AvgIpc) is 3.46. The van der Waals surface area contributed by atoms with Crippen LogP contribution in [0.3, 0.4) is 0 Å². The molecule has 0 amide bonds. The van der Waals surface area contributed by atoms with Crippen LogP contribution >= 0.6 is 0 Å². The van der Waals surface area contributed by atoms with E-state index in [2.05, 4.69) is 5.32 Å². The maximum absolute atomic E-state index is 13.7. The summed E-state index contributed by atoms with van der Waals surface area (Å²) in [6, 6.07) is 8.98. The van der Waals surface area contributed by atoms with Gasteiger partial charge in [-0.15, -0.1) is 0 Å². The molecule has 2 aromatic carbocycles. The lowest BCUT2D eigenvalue weighted by Gasteiger charge is -2.39. The van der Waals surface area contributed by atoms with Crippen molar-refractivity contribution in [3.63, 3.8) is 0 Å². The zero-order valence-electron chi connectivity index (χ0n) is 19.1. The lowest BCUT2D eigenvalue weighted by molar-refractivity contribution is -0.152. The first-order valence-electron chi connectivity index (χ1n) is 11.0. The van der Waals surface area contributed by atoms with E-state index in [1.807, 2.05) is 50.3 Å². The van der Waals surface area contributed by atoms with Gasteiger partial charge >= 0.3 is 0 Å². The normalized spacial score (nSPS) is 27.5. The summed E-state index contributed by atoms with van der Waals surface area (Å²) in [6.45, 7) is 4.21. The fourth-order valence-corrected chi connectivity index (χ4v) is 5.50. The van der Waals surface area contributed by atoms with Gasteiger partial charge in [-0.1, -0.05) is 24.3 Å². The Labute approximate surface area is 192 Å². The predicted octanol–water partition coefficient (Wildman–Crippen LogP) is 4.05. The molecule has 2 aromatic rings. The summed E-state index contributed by atoms with van der Waals surface area (Å²) in [5.41, 5.74) is -0.623. The SMILES string of the molecule is CC=CC(=CC)C1CC(=O)C2(O)c3c(OC)cc(OC)cc3OC12c1ccc2c(c1)OCN2. The lowest BCUT2D eigenvalue weighted by Crippen LogP contribution is -2.51. The van der Waals surface area contributed by atoms with Gasteiger partial charge in [0, 0.05) is 30.0 Å². The van der Waals surface area contributed by atoms with E-state index in [0.717, 1.165) is 11.3 Å². The highest BCUT2D eigenvalue weighted by Gasteiger charge is 2.74. The molecule has 2 heterocycles. The summed E-state index contributed by atoms with van der Waals surface area (Å²) in [6.07, 6.45) is 5.96. The number of benzene rings is 2. The molecule has 2 aliphatic heterocycles. The number of fused-ring (bicyclic) bond motifs is 4. The van der Waals surface area contributed by atoms with Crippen LogP contribution in [0.1, 0.15) is 31.4 Å². The molecule has 0 aromatic heterocycles. The Hall–Kier alpha value is -3.45. The van der Waals surface area contributed by atoms with Crippen LogP contribution < -0.4 is 24.3 Å². The van der Waals surface area contributed by atoms with E-state index in [4.69, 9.17) is 18.9 Å². The number of allylic oxidation sites excluding steroid dienone is 3. The number of hydrogen-bond donors (Lipinski definition) is 2. The highest BCUT2D eigenvalue weighted by molar-refractivity contribution is 5.97. The zero-order valence-corrected chi connectivity index (χ0v) is 19.1. The molecular weight excluding hydrogens is 422 g/mol. The quantitative estimate of drug-likeness (QED) is 0.666. The Kier molecular flexibility index (Phi) is 4.90. The molecule has 7 heteroatoms. The number of nitrogens with one attached hydrogen (secondary N) is 1. The number of aliphatic hydroxyl groups is 1. The van der Waals surface area contributed by atoms with Crippen LogP contribution in [0.15, 0.2) is 54.1 Å². The van der Waals surface area contributed by atoms with Gasteiger partial charge in [-0.25, -0.2) is 0 Å². The summed E-state index contributed by atoms with van der Waals surface area (Å²) < 4.78 is 23.4. The summed E-state index contributed by atoms with van der Waals surface area (Å²) in [5, 5.41) is 15.5. The standard InChI is InChI=1S/C26H27NO6/c1-5-7-15(6-2)18-13-23(28)25(29)24-21(31-4)11-17(30-3)12-22(24)33-26(18,25)16-8-9-19-20(10-16)32-14-27-19/h5-12,18,27,29H,13-14H2,1-4H3. The third-order valence-electron chi connectivity index (χ3n) is 6.94. The summed E-state index contributed by atoms with van der Waals surface area (Å²) in [5.74, 6) is 1.11. The predicted molar refractivity (Wildman–Crippen MR) is 123 cm³/mol. The molecule has 0 bridgehead atoms. The first-order valence-corrected chi connectivity index (χ1v) is 11.0. The molecule has 7 nitrogen and oxygen atoms in total. The molecule has 172 valence electrons. The third-order valence-corrected chi connectivity index (χ3v) is 6.94. The third kappa shape index (κ3) is 2.69. The van der Waals surface area contributed by atoms with E-state index < -0.39 is 17.1 Å². The average molecular weight is 450 g/mol. The number of methoxy groups -OCH3 is 2. The van der Waals surface area contributed by atoms with E-state index in [1.54, 1.807) is 19.2 Å². The molecule has 3 atom stereocenters. The Morgan fingerprint density at radius 1 is 1.18 bits per heavy atom. The Bertz CT molecular complexity index is 1200. The van der Waals surface area contributed by atoms with E-state index >= 15 is 0 Å². The first-order chi connectivity index (χ1) is 15.9. The lowest BCUT2D eigenvalue weighted by atomic mass is 9.71. The van der Waals surface area contributed by atoms with Gasteiger partial charge in [0.05, 0.1) is 25.5 Å². The maximum atomic E-state index is 13.7. The van der Waals surface area contributed by atoms with Crippen molar-refractivity contribution in [1.29, 1.82) is 0 Å². The monoisotopic (exact) mass is 449 g/mol. The van der Waals surface area contributed by atoms with Crippen LogP contribution in [0.25, 0.3) is 0 Å². The topological polar surface area (TPSA) is 86.3 Å². The molecule has 0 radical (unpaired) electrons. The Balaban J connectivity index is 1.82. The van der Waals surface area contributed by atoms with E-state index in [-0.39, 0.29) is 12.2 Å². The number of ether oxygens (including phenoxy) is 4. The largest absolute Gasteiger partial charge is 0.496 e. The smallest absolute Gasteiger partial charge is 0.200 e. The number of carbonyl (C=O) groups excluding carboxylic acids is 1. The van der Waals surface area contributed by atoms with Crippen molar-refractivity contribution in [1.82, 2.24) is 0 Å². The van der Waals surface area contributed by atoms with E-state index in [0.29, 0.717) is 40.9 Å². The van der Waals surface area contributed by atoms with Crippen LogP contribution in [-0.4, -0.2) is 31.8 Å². The number of hydrogen-bond acceptors (Lipinski definition) is 7. The molecular formula is C26H27NO6. The number of Topliss-reactive ketones (excluding diaryl/α,β-unsaturated/α-hetero) is 1. The number of rotatable bonds is 5.